The molecule has 1 aromatic carbocycles. The van der Waals surface area contributed by atoms with Crippen LogP contribution in [0.1, 0.15) is 11.1 Å². The lowest BCUT2D eigenvalue weighted by molar-refractivity contribution is -0.115. The molecule has 0 bridgehead atoms. The molecular weight excluding hydrogens is 266 g/mol. The highest BCUT2D eigenvalue weighted by Crippen LogP contribution is 2.23. The monoisotopic (exact) mass is 283 g/mol. The maximum atomic E-state index is 11.5. The highest BCUT2D eigenvalue weighted by atomic mass is 32.2. The Kier molecular flexibility index (Phi) is 3.88. The summed E-state index contributed by atoms with van der Waals surface area (Å²) in [5.41, 5.74) is 2.83. The summed E-state index contributed by atoms with van der Waals surface area (Å²) >= 11 is 0. The van der Waals surface area contributed by atoms with E-state index in [4.69, 9.17) is 0 Å². The average Bonchev–Trinajstić information content (AvgIpc) is 2.68. The summed E-state index contributed by atoms with van der Waals surface area (Å²) in [6, 6.07) is 5.70. The first-order valence-corrected chi connectivity index (χ1v) is 7.41. The Bertz CT molecular complexity index is 596. The van der Waals surface area contributed by atoms with Crippen LogP contribution in [0.2, 0.25) is 0 Å². The van der Waals surface area contributed by atoms with E-state index >= 15 is 0 Å². The van der Waals surface area contributed by atoms with E-state index in [-0.39, 0.29) is 5.91 Å². The molecule has 0 unspecified atom stereocenters. The van der Waals surface area contributed by atoms with Crippen LogP contribution in [0.15, 0.2) is 18.2 Å². The van der Waals surface area contributed by atoms with E-state index in [1.807, 2.05) is 18.2 Å². The maximum absolute atomic E-state index is 11.5. The highest BCUT2D eigenvalue weighted by Gasteiger charge is 2.17. The third kappa shape index (κ3) is 3.31. The number of carbonyl (C=O) groups is 1. The van der Waals surface area contributed by atoms with Gasteiger partial charge < -0.3 is 5.32 Å². The van der Waals surface area contributed by atoms with Crippen molar-refractivity contribution in [2.45, 2.75) is 12.8 Å². The molecule has 0 atom stereocenters. The van der Waals surface area contributed by atoms with Crippen LogP contribution in [-0.2, 0) is 27.8 Å². The SMILES string of the molecule is CN(C)S(=O)(=O)NCCc1ccc2c(c1)CC(=O)N2. The fourth-order valence-corrected chi connectivity index (χ4v) is 2.51. The van der Waals surface area contributed by atoms with Crippen LogP contribution < -0.4 is 10.0 Å². The third-order valence-corrected chi connectivity index (χ3v) is 4.50. The summed E-state index contributed by atoms with van der Waals surface area (Å²) in [5.74, 6) is 0.000426. The number of carbonyl (C=O) groups excluding carboxylic acids is 1. The quantitative estimate of drug-likeness (QED) is 0.805. The van der Waals surface area contributed by atoms with Gasteiger partial charge in [0.25, 0.3) is 10.2 Å². The van der Waals surface area contributed by atoms with E-state index in [1.54, 1.807) is 0 Å². The molecule has 1 aliphatic rings. The van der Waals surface area contributed by atoms with E-state index in [9.17, 15) is 13.2 Å². The first-order valence-electron chi connectivity index (χ1n) is 5.97. The number of nitrogens with one attached hydrogen (secondary N) is 2. The Morgan fingerprint density at radius 3 is 2.79 bits per heavy atom. The number of hydrogen-bond donors (Lipinski definition) is 2. The molecular formula is C12H17N3O3S. The van der Waals surface area contributed by atoms with E-state index in [0.29, 0.717) is 19.4 Å². The minimum absolute atomic E-state index is 0.000426. The molecule has 104 valence electrons. The number of benzene rings is 1. The van der Waals surface area contributed by atoms with E-state index in [0.717, 1.165) is 21.1 Å². The average molecular weight is 283 g/mol. The number of anilines is 1. The fraction of sp³-hybridized carbons (Fsp3) is 0.417. The van der Waals surface area contributed by atoms with Gasteiger partial charge in [-0.2, -0.15) is 12.7 Å². The van der Waals surface area contributed by atoms with E-state index < -0.39 is 10.2 Å². The number of amides is 1. The van der Waals surface area contributed by atoms with Crippen LogP contribution >= 0.6 is 0 Å². The van der Waals surface area contributed by atoms with Crippen molar-refractivity contribution in [3.63, 3.8) is 0 Å². The number of nitrogens with zero attached hydrogens (tertiary/aromatic N) is 1. The zero-order chi connectivity index (χ0) is 14.0. The van der Waals surface area contributed by atoms with Crippen molar-refractivity contribution in [3.8, 4) is 0 Å². The number of fused-ring (bicyclic) bond motifs is 1. The van der Waals surface area contributed by atoms with Gasteiger partial charge in [0.05, 0.1) is 6.42 Å². The highest BCUT2D eigenvalue weighted by molar-refractivity contribution is 7.87. The van der Waals surface area contributed by atoms with Gasteiger partial charge in [0.15, 0.2) is 0 Å². The largest absolute Gasteiger partial charge is 0.326 e. The molecule has 1 aliphatic heterocycles. The summed E-state index contributed by atoms with van der Waals surface area (Å²) in [4.78, 5) is 11.2. The van der Waals surface area contributed by atoms with Crippen LogP contribution in [0, 0.1) is 0 Å². The summed E-state index contributed by atoms with van der Waals surface area (Å²) in [7, 11) is -0.409. The van der Waals surface area contributed by atoms with Crippen LogP contribution in [0.5, 0.6) is 0 Å². The molecule has 1 amide bonds. The van der Waals surface area contributed by atoms with Gasteiger partial charge >= 0.3 is 0 Å². The Balaban J connectivity index is 1.95. The van der Waals surface area contributed by atoms with Crippen LogP contribution in [-0.4, -0.2) is 39.3 Å². The molecule has 1 heterocycles. The zero-order valence-electron chi connectivity index (χ0n) is 10.9. The molecule has 0 saturated heterocycles. The Labute approximate surface area is 113 Å². The van der Waals surface area contributed by atoms with Crippen molar-refractivity contribution < 1.29 is 13.2 Å². The number of hydrogen-bond acceptors (Lipinski definition) is 3. The topological polar surface area (TPSA) is 78.5 Å². The summed E-state index contributed by atoms with van der Waals surface area (Å²) in [6.07, 6.45) is 0.987. The van der Waals surface area contributed by atoms with Gasteiger partial charge in [-0.15, -0.1) is 0 Å². The number of rotatable bonds is 5. The molecule has 2 N–H and O–H groups in total. The molecule has 1 aromatic rings. The molecule has 0 saturated carbocycles. The first kappa shape index (κ1) is 14.0. The van der Waals surface area contributed by atoms with Crippen molar-refractivity contribution in [1.29, 1.82) is 0 Å². The van der Waals surface area contributed by atoms with Crippen LogP contribution in [0.25, 0.3) is 0 Å². The van der Waals surface area contributed by atoms with Gasteiger partial charge in [-0.25, -0.2) is 4.72 Å². The normalized spacial score (nSPS) is 14.6. The Hall–Kier alpha value is -1.44. The minimum Gasteiger partial charge on any atom is -0.326 e. The molecule has 6 nitrogen and oxygen atoms in total. The van der Waals surface area contributed by atoms with Gasteiger partial charge in [0.2, 0.25) is 5.91 Å². The van der Waals surface area contributed by atoms with Crippen molar-refractivity contribution in [2.75, 3.05) is 26.0 Å². The first-order chi connectivity index (χ1) is 8.88. The standard InChI is InChI=1S/C12H17N3O3S/c1-15(2)19(17,18)13-6-5-9-3-4-11-10(7-9)8-12(16)14-11/h3-4,7,13H,5-6,8H2,1-2H3,(H,14,16). The lowest BCUT2D eigenvalue weighted by Gasteiger charge is -2.12. The smallest absolute Gasteiger partial charge is 0.278 e. The van der Waals surface area contributed by atoms with Crippen molar-refractivity contribution in [2.24, 2.45) is 0 Å². The molecule has 0 aliphatic carbocycles. The third-order valence-electron chi connectivity index (χ3n) is 2.97. The van der Waals surface area contributed by atoms with Gasteiger partial charge in [-0.3, -0.25) is 4.79 Å². The van der Waals surface area contributed by atoms with Crippen molar-refractivity contribution in [1.82, 2.24) is 9.03 Å². The zero-order valence-corrected chi connectivity index (χ0v) is 11.8. The maximum Gasteiger partial charge on any atom is 0.278 e. The Morgan fingerprint density at radius 2 is 2.11 bits per heavy atom. The second-order valence-electron chi connectivity index (χ2n) is 4.65. The van der Waals surface area contributed by atoms with E-state index in [1.165, 1.54) is 14.1 Å². The fourth-order valence-electron chi connectivity index (χ4n) is 1.89. The van der Waals surface area contributed by atoms with E-state index in [2.05, 4.69) is 10.0 Å². The summed E-state index contributed by atoms with van der Waals surface area (Å²) in [6.45, 7) is 0.334. The lowest BCUT2D eigenvalue weighted by atomic mass is 10.1. The van der Waals surface area contributed by atoms with Crippen LogP contribution in [0.3, 0.4) is 0 Å². The molecule has 0 spiro atoms. The molecule has 0 aromatic heterocycles. The second kappa shape index (κ2) is 5.28. The molecule has 7 heteroatoms. The van der Waals surface area contributed by atoms with Crippen molar-refractivity contribution in [3.05, 3.63) is 29.3 Å². The molecule has 2 rings (SSSR count). The molecule has 0 radical (unpaired) electrons. The van der Waals surface area contributed by atoms with Gasteiger partial charge in [-0.1, -0.05) is 12.1 Å². The predicted molar refractivity (Wildman–Crippen MR) is 73.1 cm³/mol. The van der Waals surface area contributed by atoms with Crippen LogP contribution in [0.4, 0.5) is 5.69 Å². The minimum atomic E-state index is -3.37. The summed E-state index contributed by atoms with van der Waals surface area (Å²) < 4.78 is 26.7. The summed E-state index contributed by atoms with van der Waals surface area (Å²) in [5, 5.41) is 2.76. The van der Waals surface area contributed by atoms with Crippen molar-refractivity contribution >= 4 is 21.8 Å². The van der Waals surface area contributed by atoms with Gasteiger partial charge in [0.1, 0.15) is 0 Å². The molecule has 0 fully saturated rings. The molecule has 19 heavy (non-hydrogen) atoms. The van der Waals surface area contributed by atoms with Gasteiger partial charge in [0, 0.05) is 26.3 Å². The second-order valence-corrected chi connectivity index (χ2v) is 6.62. The predicted octanol–water partition coefficient (Wildman–Crippen LogP) is 0.120. The Morgan fingerprint density at radius 1 is 1.37 bits per heavy atom. The lowest BCUT2D eigenvalue weighted by Crippen LogP contribution is -2.36. The van der Waals surface area contributed by atoms with Gasteiger partial charge in [-0.05, 0) is 23.6 Å².